The summed E-state index contributed by atoms with van der Waals surface area (Å²) in [6.07, 6.45) is 11.1. The Labute approximate surface area is 138 Å². The van der Waals surface area contributed by atoms with Crippen molar-refractivity contribution >= 4 is 17.7 Å². The van der Waals surface area contributed by atoms with E-state index in [0.29, 0.717) is 17.3 Å². The SMILES string of the molecule is O=C(C=Cc1cccnc1)Nc1cccc(Oc2cnccn2)c1. The van der Waals surface area contributed by atoms with E-state index in [4.69, 9.17) is 4.74 Å². The maximum atomic E-state index is 12.0. The lowest BCUT2D eigenvalue weighted by atomic mass is 10.2. The lowest BCUT2D eigenvalue weighted by molar-refractivity contribution is -0.111. The van der Waals surface area contributed by atoms with Crippen LogP contribution in [-0.4, -0.2) is 20.9 Å². The van der Waals surface area contributed by atoms with Crippen LogP contribution in [0.25, 0.3) is 6.08 Å². The molecule has 3 rings (SSSR count). The zero-order valence-corrected chi connectivity index (χ0v) is 12.7. The lowest BCUT2D eigenvalue weighted by Crippen LogP contribution is -2.07. The molecule has 3 aromatic rings. The Balaban J connectivity index is 1.64. The van der Waals surface area contributed by atoms with E-state index in [1.165, 1.54) is 12.3 Å². The summed E-state index contributed by atoms with van der Waals surface area (Å²) in [4.78, 5) is 23.9. The van der Waals surface area contributed by atoms with Crippen LogP contribution in [0, 0.1) is 0 Å². The molecule has 0 aliphatic carbocycles. The second-order valence-corrected chi connectivity index (χ2v) is 4.78. The molecule has 6 nitrogen and oxygen atoms in total. The zero-order chi connectivity index (χ0) is 16.6. The van der Waals surface area contributed by atoms with E-state index >= 15 is 0 Å². The van der Waals surface area contributed by atoms with Crippen LogP contribution in [0.2, 0.25) is 0 Å². The van der Waals surface area contributed by atoms with Gasteiger partial charge in [0.2, 0.25) is 11.8 Å². The number of carbonyl (C=O) groups excluding carboxylic acids is 1. The number of aromatic nitrogens is 3. The molecule has 0 aliphatic rings. The van der Waals surface area contributed by atoms with Crippen molar-refractivity contribution in [2.75, 3.05) is 5.32 Å². The number of pyridine rings is 1. The van der Waals surface area contributed by atoms with Crippen molar-refractivity contribution in [3.05, 3.63) is 79.0 Å². The number of nitrogens with zero attached hydrogens (tertiary/aromatic N) is 3. The summed E-state index contributed by atoms with van der Waals surface area (Å²) in [7, 11) is 0. The Morgan fingerprint density at radius 1 is 1.04 bits per heavy atom. The molecule has 118 valence electrons. The molecule has 2 heterocycles. The molecule has 1 N–H and O–H groups in total. The standard InChI is InChI=1S/C18H14N4O2/c23-17(7-6-14-3-2-8-19-12-14)22-15-4-1-5-16(11-15)24-18-13-20-9-10-21-18/h1-13H,(H,22,23). The van der Waals surface area contributed by atoms with Gasteiger partial charge in [-0.05, 0) is 29.8 Å². The molecule has 0 saturated carbocycles. The predicted octanol–water partition coefficient (Wildman–Crippen LogP) is 3.32. The third kappa shape index (κ3) is 4.48. The van der Waals surface area contributed by atoms with Gasteiger partial charge in [0, 0.05) is 42.6 Å². The Bertz CT molecular complexity index is 836. The molecule has 2 aromatic heterocycles. The molecule has 0 spiro atoms. The molecule has 0 atom stereocenters. The molecule has 0 unspecified atom stereocenters. The normalized spacial score (nSPS) is 10.5. The Hall–Kier alpha value is -3.54. The second-order valence-electron chi connectivity index (χ2n) is 4.78. The summed E-state index contributed by atoms with van der Waals surface area (Å²) in [6, 6.07) is 10.7. The van der Waals surface area contributed by atoms with E-state index in [9.17, 15) is 4.79 Å². The number of amides is 1. The Morgan fingerprint density at radius 3 is 2.75 bits per heavy atom. The summed E-state index contributed by atoms with van der Waals surface area (Å²) in [5.41, 5.74) is 1.48. The van der Waals surface area contributed by atoms with Crippen LogP contribution in [0.4, 0.5) is 5.69 Å². The lowest BCUT2D eigenvalue weighted by Gasteiger charge is -2.06. The van der Waals surface area contributed by atoms with Crippen LogP contribution in [-0.2, 0) is 4.79 Å². The number of carbonyl (C=O) groups is 1. The minimum atomic E-state index is -0.240. The van der Waals surface area contributed by atoms with Gasteiger partial charge >= 0.3 is 0 Å². The monoisotopic (exact) mass is 318 g/mol. The summed E-state index contributed by atoms with van der Waals surface area (Å²) in [6.45, 7) is 0. The van der Waals surface area contributed by atoms with Crippen LogP contribution < -0.4 is 10.1 Å². The summed E-state index contributed by atoms with van der Waals surface area (Å²) < 4.78 is 5.58. The number of hydrogen-bond donors (Lipinski definition) is 1. The molecule has 0 radical (unpaired) electrons. The third-order valence-corrected chi connectivity index (χ3v) is 2.98. The molecule has 0 fully saturated rings. The first-order valence-corrected chi connectivity index (χ1v) is 7.23. The van der Waals surface area contributed by atoms with Gasteiger partial charge in [-0.25, -0.2) is 4.98 Å². The van der Waals surface area contributed by atoms with Gasteiger partial charge < -0.3 is 10.1 Å². The number of anilines is 1. The Kier molecular flexibility index (Phi) is 4.89. The van der Waals surface area contributed by atoms with E-state index in [-0.39, 0.29) is 5.91 Å². The van der Waals surface area contributed by atoms with E-state index in [1.54, 1.807) is 55.1 Å². The first-order chi connectivity index (χ1) is 11.8. The molecule has 24 heavy (non-hydrogen) atoms. The fraction of sp³-hybridized carbons (Fsp3) is 0. The van der Waals surface area contributed by atoms with Gasteiger partial charge in [0.05, 0.1) is 6.20 Å². The van der Waals surface area contributed by atoms with Crippen molar-refractivity contribution in [1.82, 2.24) is 15.0 Å². The zero-order valence-electron chi connectivity index (χ0n) is 12.7. The summed E-state index contributed by atoms with van der Waals surface area (Å²) >= 11 is 0. The number of nitrogens with one attached hydrogen (secondary N) is 1. The van der Waals surface area contributed by atoms with Crippen molar-refractivity contribution in [1.29, 1.82) is 0 Å². The van der Waals surface area contributed by atoms with Crippen LogP contribution in [0.3, 0.4) is 0 Å². The highest BCUT2D eigenvalue weighted by Crippen LogP contribution is 2.22. The van der Waals surface area contributed by atoms with Crippen molar-refractivity contribution in [3.63, 3.8) is 0 Å². The van der Waals surface area contributed by atoms with Crippen LogP contribution >= 0.6 is 0 Å². The van der Waals surface area contributed by atoms with E-state index < -0.39 is 0 Å². The predicted molar refractivity (Wildman–Crippen MR) is 90.4 cm³/mol. The van der Waals surface area contributed by atoms with Crippen LogP contribution in [0.1, 0.15) is 5.56 Å². The fourth-order valence-electron chi connectivity index (χ4n) is 1.93. The molecule has 1 aromatic carbocycles. The quantitative estimate of drug-likeness (QED) is 0.730. The number of rotatable bonds is 5. The highest BCUT2D eigenvalue weighted by atomic mass is 16.5. The van der Waals surface area contributed by atoms with E-state index in [0.717, 1.165) is 5.56 Å². The molecule has 1 amide bonds. The topological polar surface area (TPSA) is 77.0 Å². The van der Waals surface area contributed by atoms with E-state index in [1.807, 2.05) is 12.1 Å². The highest BCUT2D eigenvalue weighted by molar-refractivity contribution is 6.01. The number of ether oxygens (including phenoxy) is 1. The molecule has 6 heteroatoms. The van der Waals surface area contributed by atoms with Crippen molar-refractivity contribution in [3.8, 4) is 11.6 Å². The Morgan fingerprint density at radius 2 is 1.96 bits per heavy atom. The molecular weight excluding hydrogens is 304 g/mol. The van der Waals surface area contributed by atoms with Crippen LogP contribution in [0.15, 0.2) is 73.5 Å². The minimum absolute atomic E-state index is 0.240. The smallest absolute Gasteiger partial charge is 0.248 e. The first-order valence-electron chi connectivity index (χ1n) is 7.23. The largest absolute Gasteiger partial charge is 0.437 e. The maximum absolute atomic E-state index is 12.0. The van der Waals surface area contributed by atoms with Gasteiger partial charge in [0.15, 0.2) is 0 Å². The van der Waals surface area contributed by atoms with Gasteiger partial charge in [0.25, 0.3) is 0 Å². The average molecular weight is 318 g/mol. The maximum Gasteiger partial charge on any atom is 0.248 e. The van der Waals surface area contributed by atoms with Crippen molar-refractivity contribution in [2.45, 2.75) is 0 Å². The first kappa shape index (κ1) is 15.4. The third-order valence-electron chi connectivity index (χ3n) is 2.98. The fourth-order valence-corrected chi connectivity index (χ4v) is 1.93. The number of hydrogen-bond acceptors (Lipinski definition) is 5. The van der Waals surface area contributed by atoms with Crippen molar-refractivity contribution < 1.29 is 9.53 Å². The summed E-state index contributed by atoms with van der Waals surface area (Å²) in [5, 5.41) is 2.78. The minimum Gasteiger partial charge on any atom is -0.437 e. The van der Waals surface area contributed by atoms with Crippen molar-refractivity contribution in [2.24, 2.45) is 0 Å². The molecular formula is C18H14N4O2. The van der Waals surface area contributed by atoms with Gasteiger partial charge in [-0.3, -0.25) is 14.8 Å². The average Bonchev–Trinajstić information content (AvgIpc) is 2.62. The second kappa shape index (κ2) is 7.64. The molecule has 0 aliphatic heterocycles. The van der Waals surface area contributed by atoms with Crippen LogP contribution in [0.5, 0.6) is 11.6 Å². The molecule has 0 bridgehead atoms. The van der Waals surface area contributed by atoms with Gasteiger partial charge in [-0.1, -0.05) is 12.1 Å². The summed E-state index contributed by atoms with van der Waals surface area (Å²) in [5.74, 6) is 0.706. The van der Waals surface area contributed by atoms with E-state index in [2.05, 4.69) is 20.3 Å². The molecule has 0 saturated heterocycles. The van der Waals surface area contributed by atoms with Gasteiger partial charge in [-0.15, -0.1) is 0 Å². The number of benzene rings is 1. The van der Waals surface area contributed by atoms with Gasteiger partial charge in [-0.2, -0.15) is 0 Å². The highest BCUT2D eigenvalue weighted by Gasteiger charge is 2.02. The van der Waals surface area contributed by atoms with Gasteiger partial charge in [0.1, 0.15) is 5.75 Å².